The Morgan fingerprint density at radius 2 is 2.25 bits per heavy atom. The van der Waals surface area contributed by atoms with Crippen molar-refractivity contribution in [3.05, 3.63) is 34.7 Å². The van der Waals surface area contributed by atoms with Gasteiger partial charge in [-0.25, -0.2) is 0 Å². The number of nitrogens with zero attached hydrogens (tertiary/aromatic N) is 2. The summed E-state index contributed by atoms with van der Waals surface area (Å²) in [5.74, 6) is -0.164. The first-order valence-electron chi connectivity index (χ1n) is 6.84. The van der Waals surface area contributed by atoms with E-state index in [2.05, 4.69) is 17.1 Å². The summed E-state index contributed by atoms with van der Waals surface area (Å²) in [5, 5.41) is 2.95. The molecule has 20 heavy (non-hydrogen) atoms. The minimum Gasteiger partial charge on any atom is -0.378 e. The Bertz CT molecular complexity index is 514. The summed E-state index contributed by atoms with van der Waals surface area (Å²) in [4.78, 5) is 25.8. The molecule has 1 aliphatic heterocycles. The van der Waals surface area contributed by atoms with Crippen LogP contribution in [-0.2, 0) is 16.1 Å². The maximum atomic E-state index is 12.0. The maximum absolute atomic E-state index is 12.0. The molecule has 1 amide bonds. The van der Waals surface area contributed by atoms with E-state index in [0.29, 0.717) is 0 Å². The van der Waals surface area contributed by atoms with Crippen molar-refractivity contribution < 1.29 is 9.53 Å². The van der Waals surface area contributed by atoms with Gasteiger partial charge in [0.1, 0.15) is 6.54 Å². The van der Waals surface area contributed by atoms with E-state index in [1.165, 1.54) is 10.6 Å². The van der Waals surface area contributed by atoms with Crippen LogP contribution >= 0.6 is 0 Å². The van der Waals surface area contributed by atoms with Crippen LogP contribution in [0.4, 0.5) is 0 Å². The lowest BCUT2D eigenvalue weighted by Gasteiger charge is -2.18. The fraction of sp³-hybridized carbons (Fsp3) is 0.571. The largest absolute Gasteiger partial charge is 0.378 e. The van der Waals surface area contributed by atoms with Crippen molar-refractivity contribution in [3.8, 4) is 0 Å². The summed E-state index contributed by atoms with van der Waals surface area (Å²) >= 11 is 0. The van der Waals surface area contributed by atoms with Crippen molar-refractivity contribution in [1.82, 2.24) is 14.8 Å². The van der Waals surface area contributed by atoms with Crippen molar-refractivity contribution in [3.63, 3.8) is 0 Å². The third kappa shape index (κ3) is 3.46. The predicted molar refractivity (Wildman–Crippen MR) is 75.5 cm³/mol. The van der Waals surface area contributed by atoms with Crippen LogP contribution in [0.15, 0.2) is 29.2 Å². The zero-order chi connectivity index (χ0) is 14.5. The molecule has 2 heterocycles. The van der Waals surface area contributed by atoms with Crippen LogP contribution in [0.25, 0.3) is 0 Å². The summed E-state index contributed by atoms with van der Waals surface area (Å²) in [6.45, 7) is 4.66. The fourth-order valence-electron chi connectivity index (χ4n) is 2.49. The van der Waals surface area contributed by atoms with Gasteiger partial charge >= 0.3 is 0 Å². The second-order valence-corrected chi connectivity index (χ2v) is 4.97. The lowest BCUT2D eigenvalue weighted by Crippen LogP contribution is -2.45. The number of nitrogens with one attached hydrogen (secondary N) is 1. The number of rotatable bonds is 5. The molecule has 1 N–H and O–H groups in total. The molecule has 1 saturated heterocycles. The second-order valence-electron chi connectivity index (χ2n) is 4.97. The van der Waals surface area contributed by atoms with E-state index in [-0.39, 0.29) is 30.2 Å². The zero-order valence-electron chi connectivity index (χ0n) is 11.9. The number of aromatic nitrogens is 1. The average molecular weight is 279 g/mol. The number of hydrogen-bond acceptors (Lipinski definition) is 4. The summed E-state index contributed by atoms with van der Waals surface area (Å²) in [6.07, 6.45) is 1.62. The van der Waals surface area contributed by atoms with Crippen LogP contribution in [-0.4, -0.2) is 54.3 Å². The number of likely N-dealkylation sites (N-methyl/N-ethyl adjacent to an activating group) is 1. The van der Waals surface area contributed by atoms with Gasteiger partial charge in [-0.2, -0.15) is 0 Å². The van der Waals surface area contributed by atoms with E-state index in [1.807, 2.05) is 0 Å². The molecular weight excluding hydrogens is 258 g/mol. The van der Waals surface area contributed by atoms with Crippen molar-refractivity contribution in [2.24, 2.45) is 0 Å². The molecule has 0 radical (unpaired) electrons. The number of hydrogen-bond donors (Lipinski definition) is 1. The molecule has 2 atom stereocenters. The van der Waals surface area contributed by atoms with Gasteiger partial charge in [-0.15, -0.1) is 0 Å². The van der Waals surface area contributed by atoms with Gasteiger partial charge in [-0.05, 0) is 12.6 Å². The standard InChI is InChI=1S/C14H21N3O3/c1-3-16-8-11(12(9-16)20-2)15-13(18)10-17-7-5-4-6-14(17)19/h4-7,11-12H,3,8-10H2,1-2H3,(H,15,18)/t11-,12-/m0/s1. The monoisotopic (exact) mass is 279 g/mol. The number of carbonyl (C=O) groups excluding carboxylic acids is 1. The van der Waals surface area contributed by atoms with Crippen molar-refractivity contribution in [1.29, 1.82) is 0 Å². The van der Waals surface area contributed by atoms with E-state index >= 15 is 0 Å². The highest BCUT2D eigenvalue weighted by Gasteiger charge is 2.32. The summed E-state index contributed by atoms with van der Waals surface area (Å²) in [5.41, 5.74) is -0.174. The maximum Gasteiger partial charge on any atom is 0.250 e. The molecular formula is C14H21N3O3. The average Bonchev–Trinajstić information content (AvgIpc) is 2.83. The van der Waals surface area contributed by atoms with Gasteiger partial charge < -0.3 is 14.6 Å². The van der Waals surface area contributed by atoms with Gasteiger partial charge in [-0.3, -0.25) is 14.5 Å². The van der Waals surface area contributed by atoms with E-state index in [9.17, 15) is 9.59 Å². The molecule has 6 nitrogen and oxygen atoms in total. The minimum atomic E-state index is -0.174. The normalized spacial score (nSPS) is 22.9. The first-order chi connectivity index (χ1) is 9.63. The van der Waals surface area contributed by atoms with Gasteiger partial charge in [0.05, 0.1) is 12.1 Å². The smallest absolute Gasteiger partial charge is 0.250 e. The zero-order valence-corrected chi connectivity index (χ0v) is 11.9. The minimum absolute atomic E-state index is 0.00592. The topological polar surface area (TPSA) is 63.6 Å². The SMILES string of the molecule is CCN1C[C@H](NC(=O)Cn2ccccc2=O)[C@@H](OC)C1. The summed E-state index contributed by atoms with van der Waals surface area (Å²) in [6, 6.07) is 4.82. The number of likely N-dealkylation sites (tertiary alicyclic amines) is 1. The van der Waals surface area contributed by atoms with Gasteiger partial charge in [0.25, 0.3) is 5.56 Å². The van der Waals surface area contributed by atoms with Crippen LogP contribution in [0, 0.1) is 0 Å². The van der Waals surface area contributed by atoms with Crippen LogP contribution < -0.4 is 10.9 Å². The number of ether oxygens (including phenoxy) is 1. The van der Waals surface area contributed by atoms with E-state index < -0.39 is 0 Å². The molecule has 6 heteroatoms. The molecule has 0 unspecified atom stereocenters. The van der Waals surface area contributed by atoms with Crippen LogP contribution in [0.2, 0.25) is 0 Å². The summed E-state index contributed by atoms with van der Waals surface area (Å²) < 4.78 is 6.80. The van der Waals surface area contributed by atoms with Gasteiger partial charge in [0, 0.05) is 32.5 Å². The number of methoxy groups -OCH3 is 1. The fourth-order valence-corrected chi connectivity index (χ4v) is 2.49. The van der Waals surface area contributed by atoms with Crippen molar-refractivity contribution >= 4 is 5.91 Å². The Hall–Kier alpha value is -1.66. The Morgan fingerprint density at radius 1 is 1.45 bits per heavy atom. The second kappa shape index (κ2) is 6.67. The molecule has 1 aliphatic rings. The molecule has 0 spiro atoms. The highest BCUT2D eigenvalue weighted by molar-refractivity contribution is 5.76. The highest BCUT2D eigenvalue weighted by atomic mass is 16.5. The molecule has 0 bridgehead atoms. The molecule has 1 fully saturated rings. The predicted octanol–water partition coefficient (Wildman–Crippen LogP) is -0.316. The summed E-state index contributed by atoms with van der Waals surface area (Å²) in [7, 11) is 1.66. The Morgan fingerprint density at radius 3 is 2.90 bits per heavy atom. The van der Waals surface area contributed by atoms with E-state index in [4.69, 9.17) is 4.74 Å². The number of pyridine rings is 1. The molecule has 2 rings (SSSR count). The molecule has 110 valence electrons. The molecule has 1 aromatic rings. The van der Waals surface area contributed by atoms with Crippen molar-refractivity contribution in [2.45, 2.75) is 25.6 Å². The van der Waals surface area contributed by atoms with Crippen LogP contribution in [0.3, 0.4) is 0 Å². The van der Waals surface area contributed by atoms with Crippen molar-refractivity contribution in [2.75, 3.05) is 26.7 Å². The van der Waals surface area contributed by atoms with E-state index in [0.717, 1.165) is 19.6 Å². The quantitative estimate of drug-likeness (QED) is 0.802. The Balaban J connectivity index is 1.94. The van der Waals surface area contributed by atoms with Gasteiger partial charge in [0.2, 0.25) is 5.91 Å². The lowest BCUT2D eigenvalue weighted by molar-refractivity contribution is -0.123. The molecule has 0 aromatic carbocycles. The first kappa shape index (κ1) is 14.7. The third-order valence-electron chi connectivity index (χ3n) is 3.65. The number of amides is 1. The molecule has 1 aromatic heterocycles. The highest BCUT2D eigenvalue weighted by Crippen LogP contribution is 2.12. The number of carbonyl (C=O) groups is 1. The van der Waals surface area contributed by atoms with Crippen LogP contribution in [0.5, 0.6) is 0 Å². The third-order valence-corrected chi connectivity index (χ3v) is 3.65. The first-order valence-corrected chi connectivity index (χ1v) is 6.84. The molecule has 0 saturated carbocycles. The van der Waals surface area contributed by atoms with Gasteiger partial charge in [0.15, 0.2) is 0 Å². The molecule has 0 aliphatic carbocycles. The van der Waals surface area contributed by atoms with Gasteiger partial charge in [-0.1, -0.05) is 13.0 Å². The Labute approximate surface area is 118 Å². The van der Waals surface area contributed by atoms with E-state index in [1.54, 1.807) is 25.4 Å². The Kier molecular flexibility index (Phi) is 4.92. The van der Waals surface area contributed by atoms with Crippen LogP contribution in [0.1, 0.15) is 6.92 Å². The lowest BCUT2D eigenvalue weighted by atomic mass is 10.2.